The second kappa shape index (κ2) is 7.79. The average molecular weight is 431 g/mol. The summed E-state index contributed by atoms with van der Waals surface area (Å²) >= 11 is 0. The van der Waals surface area contributed by atoms with Crippen molar-refractivity contribution < 1.29 is 15.0 Å². The van der Waals surface area contributed by atoms with Gasteiger partial charge in [-0.25, -0.2) is 4.79 Å². The molecule has 0 atom stereocenters. The molecule has 4 saturated carbocycles. The van der Waals surface area contributed by atoms with Gasteiger partial charge in [-0.3, -0.25) is 0 Å². The summed E-state index contributed by atoms with van der Waals surface area (Å²) in [6, 6.07) is 10.4. The average Bonchev–Trinajstić information content (AvgIpc) is 2.71. The number of benzene rings is 2. The van der Waals surface area contributed by atoms with E-state index in [1.54, 1.807) is 6.08 Å². The highest BCUT2D eigenvalue weighted by Gasteiger charge is 2.52. The Morgan fingerprint density at radius 1 is 1.00 bits per heavy atom. The maximum absolute atomic E-state index is 11.4. The number of aliphatic carboxylic acids is 1. The van der Waals surface area contributed by atoms with Gasteiger partial charge in [0.05, 0.1) is 0 Å². The van der Waals surface area contributed by atoms with Gasteiger partial charge in [0.25, 0.3) is 0 Å². The molecule has 0 spiro atoms. The van der Waals surface area contributed by atoms with Crippen LogP contribution in [0, 0.1) is 31.6 Å². The van der Waals surface area contributed by atoms with Gasteiger partial charge in [-0.2, -0.15) is 0 Å². The van der Waals surface area contributed by atoms with Crippen molar-refractivity contribution in [1.29, 1.82) is 0 Å². The number of hydrogen-bond acceptors (Lipinski definition) is 2. The Balaban J connectivity index is 1.55. The maximum Gasteiger partial charge on any atom is 0.331 e. The first-order chi connectivity index (χ1) is 15.3. The van der Waals surface area contributed by atoms with Crippen molar-refractivity contribution in [2.75, 3.05) is 0 Å². The van der Waals surface area contributed by atoms with Crippen LogP contribution in [0.2, 0.25) is 0 Å². The van der Waals surface area contributed by atoms with E-state index >= 15 is 0 Å². The normalized spacial score (nSPS) is 28.8. The summed E-state index contributed by atoms with van der Waals surface area (Å²) in [7, 11) is 0. The first-order valence-corrected chi connectivity index (χ1v) is 12.2. The van der Waals surface area contributed by atoms with Crippen LogP contribution in [0.1, 0.15) is 74.1 Å². The molecule has 168 valence electrons. The zero-order chi connectivity index (χ0) is 22.6. The van der Waals surface area contributed by atoms with Gasteiger partial charge in [0.15, 0.2) is 0 Å². The molecule has 0 radical (unpaired) electrons. The smallest absolute Gasteiger partial charge is 0.331 e. The Hall–Kier alpha value is -2.55. The van der Waals surface area contributed by atoms with Crippen LogP contribution >= 0.6 is 0 Å². The number of phenolic OH excluding ortho intramolecular Hbond substituents is 1. The largest absolute Gasteiger partial charge is 0.508 e. The second-order valence-corrected chi connectivity index (χ2v) is 10.8. The molecular formula is C29H34O3. The number of phenols is 1. The van der Waals surface area contributed by atoms with Crippen molar-refractivity contribution >= 4 is 12.0 Å². The van der Waals surface area contributed by atoms with Crippen LogP contribution in [0.3, 0.4) is 0 Å². The van der Waals surface area contributed by atoms with Crippen LogP contribution in [-0.4, -0.2) is 16.2 Å². The topological polar surface area (TPSA) is 57.5 Å². The van der Waals surface area contributed by atoms with Gasteiger partial charge >= 0.3 is 5.97 Å². The lowest BCUT2D eigenvalue weighted by Gasteiger charge is -2.57. The minimum Gasteiger partial charge on any atom is -0.508 e. The number of carboxylic acids is 1. The van der Waals surface area contributed by atoms with Gasteiger partial charge in [-0.1, -0.05) is 25.1 Å². The summed E-state index contributed by atoms with van der Waals surface area (Å²) in [5.41, 5.74) is 7.30. The molecular weight excluding hydrogens is 396 g/mol. The number of aromatic hydroxyl groups is 1. The molecule has 3 heteroatoms. The summed E-state index contributed by atoms with van der Waals surface area (Å²) in [4.78, 5) is 11.4. The standard InChI is InChI=1S/C29H34O3/c1-4-23(28(31)32)12-19-7-17(2)27(18(3)8-19)24-5-6-26(30)25(13-24)29-14-20-9-21(15-29)11-22(10-20)16-29/h5-8,12-13,20-22,30H,4,9-11,14-16H2,1-3H3,(H,31,32). The monoisotopic (exact) mass is 430 g/mol. The summed E-state index contributed by atoms with van der Waals surface area (Å²) < 4.78 is 0. The van der Waals surface area contributed by atoms with Crippen LogP contribution < -0.4 is 0 Å². The third kappa shape index (κ3) is 3.56. The Bertz CT molecular complexity index is 1050. The molecule has 3 nitrogen and oxygen atoms in total. The highest BCUT2D eigenvalue weighted by atomic mass is 16.4. The summed E-state index contributed by atoms with van der Waals surface area (Å²) in [5, 5.41) is 20.3. The van der Waals surface area contributed by atoms with Crippen LogP contribution in [-0.2, 0) is 10.2 Å². The third-order valence-corrected chi connectivity index (χ3v) is 8.45. The van der Waals surface area contributed by atoms with Crippen LogP contribution in [0.15, 0.2) is 35.9 Å². The zero-order valence-electron chi connectivity index (χ0n) is 19.4. The molecule has 2 N–H and O–H groups in total. The fraction of sp³-hybridized carbons (Fsp3) is 0.483. The molecule has 4 aliphatic carbocycles. The van der Waals surface area contributed by atoms with Crippen molar-refractivity contribution in [3.63, 3.8) is 0 Å². The number of aryl methyl sites for hydroxylation is 2. The Kier molecular flexibility index (Phi) is 5.19. The number of carbonyl (C=O) groups is 1. The maximum atomic E-state index is 11.4. The fourth-order valence-electron chi connectivity index (χ4n) is 7.61. The van der Waals surface area contributed by atoms with Crippen molar-refractivity contribution in [3.8, 4) is 16.9 Å². The quantitative estimate of drug-likeness (QED) is 0.501. The molecule has 0 saturated heterocycles. The lowest BCUT2D eigenvalue weighted by atomic mass is 9.48. The van der Waals surface area contributed by atoms with E-state index in [2.05, 4.69) is 32.0 Å². The second-order valence-electron chi connectivity index (χ2n) is 10.8. The van der Waals surface area contributed by atoms with Gasteiger partial charge in [-0.15, -0.1) is 0 Å². The fourth-order valence-corrected chi connectivity index (χ4v) is 7.61. The first kappa shape index (κ1) is 21.3. The molecule has 32 heavy (non-hydrogen) atoms. The lowest BCUT2D eigenvalue weighted by molar-refractivity contribution is -0.132. The molecule has 4 aliphatic rings. The van der Waals surface area contributed by atoms with Gasteiger partial charge in [0.2, 0.25) is 0 Å². The van der Waals surface area contributed by atoms with Crippen molar-refractivity contribution in [2.45, 2.75) is 71.1 Å². The number of hydrogen-bond donors (Lipinski definition) is 2. The number of carboxylic acid groups (broad SMARTS) is 1. The third-order valence-electron chi connectivity index (χ3n) is 8.45. The minimum absolute atomic E-state index is 0.150. The van der Waals surface area contributed by atoms with Gasteiger partial charge in [-0.05, 0) is 128 Å². The van der Waals surface area contributed by atoms with E-state index in [9.17, 15) is 15.0 Å². The Morgan fingerprint density at radius 3 is 2.06 bits per heavy atom. The van der Waals surface area contributed by atoms with E-state index in [-0.39, 0.29) is 5.41 Å². The molecule has 6 rings (SSSR count). The summed E-state index contributed by atoms with van der Waals surface area (Å²) in [6.07, 6.45) is 10.1. The van der Waals surface area contributed by atoms with E-state index in [0.29, 0.717) is 17.7 Å². The zero-order valence-corrected chi connectivity index (χ0v) is 19.4. The van der Waals surface area contributed by atoms with Crippen molar-refractivity contribution in [2.24, 2.45) is 17.8 Å². The molecule has 0 aliphatic heterocycles. The van der Waals surface area contributed by atoms with Gasteiger partial charge in [0, 0.05) is 11.1 Å². The molecule has 4 fully saturated rings. The van der Waals surface area contributed by atoms with Crippen LogP contribution in [0.25, 0.3) is 17.2 Å². The molecule has 4 bridgehead atoms. The first-order valence-electron chi connectivity index (χ1n) is 12.2. The SMILES string of the molecule is CCC(=Cc1cc(C)c(-c2ccc(O)c(C34CC5CC(CC(C5)C3)C4)c2)c(C)c1)C(=O)O. The summed E-state index contributed by atoms with van der Waals surface area (Å²) in [5.74, 6) is 2.10. The highest BCUT2D eigenvalue weighted by molar-refractivity contribution is 5.92. The van der Waals surface area contributed by atoms with E-state index in [0.717, 1.165) is 45.6 Å². The predicted molar refractivity (Wildman–Crippen MR) is 129 cm³/mol. The Morgan fingerprint density at radius 2 is 1.56 bits per heavy atom. The van der Waals surface area contributed by atoms with E-state index < -0.39 is 5.97 Å². The molecule has 0 aromatic heterocycles. The highest BCUT2D eigenvalue weighted by Crippen LogP contribution is 2.62. The van der Waals surface area contributed by atoms with Crippen molar-refractivity contribution in [1.82, 2.24) is 0 Å². The Labute approximate surface area is 191 Å². The summed E-state index contributed by atoms with van der Waals surface area (Å²) in [6.45, 7) is 6.07. The predicted octanol–water partition coefficient (Wildman–Crippen LogP) is 7.02. The van der Waals surface area contributed by atoms with Gasteiger partial charge in [0.1, 0.15) is 5.75 Å². The van der Waals surface area contributed by atoms with E-state index in [1.807, 2.05) is 19.1 Å². The molecule has 2 aromatic carbocycles. The van der Waals surface area contributed by atoms with E-state index in [4.69, 9.17) is 0 Å². The van der Waals surface area contributed by atoms with Crippen LogP contribution in [0.5, 0.6) is 5.75 Å². The molecule has 2 aromatic rings. The van der Waals surface area contributed by atoms with Crippen molar-refractivity contribution in [3.05, 3.63) is 58.2 Å². The molecule has 0 heterocycles. The molecule has 0 unspecified atom stereocenters. The number of rotatable bonds is 5. The minimum atomic E-state index is -0.856. The van der Waals surface area contributed by atoms with Crippen LogP contribution in [0.4, 0.5) is 0 Å². The molecule has 0 amide bonds. The van der Waals surface area contributed by atoms with Gasteiger partial charge < -0.3 is 10.2 Å². The van der Waals surface area contributed by atoms with E-state index in [1.165, 1.54) is 44.1 Å². The lowest BCUT2D eigenvalue weighted by Crippen LogP contribution is -2.48.